The van der Waals surface area contributed by atoms with Gasteiger partial charge in [-0.15, -0.1) is 0 Å². The first kappa shape index (κ1) is 18.2. The number of amides is 1. The summed E-state index contributed by atoms with van der Waals surface area (Å²) in [6.07, 6.45) is 7.04. The third-order valence-corrected chi connectivity index (χ3v) is 4.21. The summed E-state index contributed by atoms with van der Waals surface area (Å²) in [7, 11) is 0. The Morgan fingerprint density at radius 2 is 1.97 bits per heavy atom. The van der Waals surface area contributed by atoms with Gasteiger partial charge in [0.25, 0.3) is 0 Å². The maximum Gasteiger partial charge on any atom is 0.222 e. The summed E-state index contributed by atoms with van der Waals surface area (Å²) in [5.41, 5.74) is 13.1. The average Bonchev–Trinajstić information content (AvgIpc) is 3.11. The van der Waals surface area contributed by atoms with Crippen LogP contribution in [-0.2, 0) is 4.79 Å². The zero-order chi connectivity index (χ0) is 20.2. The van der Waals surface area contributed by atoms with E-state index in [1.807, 2.05) is 59.1 Å². The van der Waals surface area contributed by atoms with E-state index in [-0.39, 0.29) is 5.91 Å². The predicted octanol–water partition coefficient (Wildman–Crippen LogP) is 3.38. The fraction of sp³-hybridized carbons (Fsp3) is 0.0476. The molecule has 0 fully saturated rings. The lowest BCUT2D eigenvalue weighted by Gasteiger charge is -2.06. The number of benzene rings is 1. The van der Waals surface area contributed by atoms with Crippen LogP contribution < -0.4 is 16.5 Å². The smallest absolute Gasteiger partial charge is 0.222 e. The number of carbonyl (C=O) groups excluding carboxylic acids is 1. The van der Waals surface area contributed by atoms with Gasteiger partial charge in [-0.2, -0.15) is 5.10 Å². The second-order valence-electron chi connectivity index (χ2n) is 6.43. The van der Waals surface area contributed by atoms with E-state index in [1.54, 1.807) is 18.6 Å². The van der Waals surface area contributed by atoms with E-state index in [1.165, 1.54) is 6.92 Å². The Hall–Kier alpha value is -4.20. The van der Waals surface area contributed by atoms with Crippen LogP contribution in [0.15, 0.2) is 72.2 Å². The highest BCUT2D eigenvalue weighted by Crippen LogP contribution is 2.23. The quantitative estimate of drug-likeness (QED) is 0.360. The maximum absolute atomic E-state index is 11.2. The van der Waals surface area contributed by atoms with Crippen molar-refractivity contribution in [2.75, 3.05) is 16.5 Å². The number of aromatic nitrogens is 3. The van der Waals surface area contributed by atoms with Gasteiger partial charge in [0, 0.05) is 36.0 Å². The number of hydrogen-bond acceptors (Lipinski definition) is 6. The molecule has 0 saturated carbocycles. The molecule has 0 atom stereocenters. The molecule has 8 nitrogen and oxygen atoms in total. The number of fused-ring (bicyclic) bond motifs is 1. The molecule has 8 heteroatoms. The fourth-order valence-electron chi connectivity index (χ4n) is 2.85. The number of nitrogen functional groups attached to an aromatic ring is 1. The Morgan fingerprint density at radius 1 is 1.14 bits per heavy atom. The van der Waals surface area contributed by atoms with Crippen molar-refractivity contribution >= 4 is 35.1 Å². The van der Waals surface area contributed by atoms with Crippen LogP contribution in [0.25, 0.3) is 16.8 Å². The van der Waals surface area contributed by atoms with Gasteiger partial charge in [-0.1, -0.05) is 18.2 Å². The molecular formula is C21H19N7O. The number of nitrogens with zero attached hydrogens (tertiary/aromatic N) is 4. The van der Waals surface area contributed by atoms with E-state index in [4.69, 9.17) is 5.73 Å². The minimum Gasteiger partial charge on any atom is -0.383 e. The summed E-state index contributed by atoms with van der Waals surface area (Å²) in [5, 5.41) is 6.92. The van der Waals surface area contributed by atoms with Crippen LogP contribution >= 0.6 is 0 Å². The molecule has 0 saturated heterocycles. The summed E-state index contributed by atoms with van der Waals surface area (Å²) in [6, 6.07) is 15.4. The van der Waals surface area contributed by atoms with E-state index < -0.39 is 0 Å². The van der Waals surface area contributed by atoms with Gasteiger partial charge in [0.1, 0.15) is 11.5 Å². The van der Waals surface area contributed by atoms with Crippen molar-refractivity contribution in [3.8, 4) is 11.1 Å². The molecule has 0 unspecified atom stereocenters. The summed E-state index contributed by atoms with van der Waals surface area (Å²) in [4.78, 5) is 19.9. The lowest BCUT2D eigenvalue weighted by molar-refractivity contribution is -0.114. The molecule has 144 valence electrons. The van der Waals surface area contributed by atoms with Gasteiger partial charge in [0.05, 0.1) is 18.1 Å². The number of rotatable bonds is 5. The number of anilines is 3. The number of para-hydroxylation sites is 1. The predicted molar refractivity (Wildman–Crippen MR) is 115 cm³/mol. The minimum atomic E-state index is -0.163. The molecule has 0 spiro atoms. The minimum absolute atomic E-state index is 0.163. The lowest BCUT2D eigenvalue weighted by Crippen LogP contribution is -2.05. The van der Waals surface area contributed by atoms with Crippen molar-refractivity contribution < 1.29 is 4.79 Å². The Morgan fingerprint density at radius 3 is 2.76 bits per heavy atom. The number of hydrazone groups is 1. The van der Waals surface area contributed by atoms with E-state index in [2.05, 4.69) is 25.8 Å². The van der Waals surface area contributed by atoms with Crippen LogP contribution in [0.1, 0.15) is 12.5 Å². The highest BCUT2D eigenvalue weighted by atomic mass is 16.1. The standard InChI is InChI=1S/C21H19N7O/c1-14(29)25-19-13-28-12-15(7-8-20(28)26-19)16-9-17(21(22)23-10-16)11-24-27-18-5-3-2-4-6-18/h2-13,27H,1H3,(H2,22,23)(H,25,29). The highest BCUT2D eigenvalue weighted by Gasteiger charge is 2.07. The molecule has 1 amide bonds. The van der Waals surface area contributed by atoms with Gasteiger partial charge in [0.15, 0.2) is 5.82 Å². The van der Waals surface area contributed by atoms with Crippen LogP contribution in [0.4, 0.5) is 17.3 Å². The normalized spacial score (nSPS) is 11.1. The van der Waals surface area contributed by atoms with E-state index in [0.29, 0.717) is 17.2 Å². The van der Waals surface area contributed by atoms with E-state index in [9.17, 15) is 4.79 Å². The Balaban J connectivity index is 1.60. The molecule has 4 N–H and O–H groups in total. The number of nitrogens with two attached hydrogens (primary N) is 1. The van der Waals surface area contributed by atoms with Gasteiger partial charge < -0.3 is 15.5 Å². The summed E-state index contributed by atoms with van der Waals surface area (Å²) in [6.45, 7) is 1.45. The number of hydrogen-bond donors (Lipinski definition) is 3. The molecule has 0 aliphatic heterocycles. The van der Waals surface area contributed by atoms with Gasteiger partial charge >= 0.3 is 0 Å². The maximum atomic E-state index is 11.2. The third kappa shape index (κ3) is 4.22. The van der Waals surface area contributed by atoms with Crippen molar-refractivity contribution in [2.45, 2.75) is 6.92 Å². The van der Waals surface area contributed by atoms with Gasteiger partial charge in [0.2, 0.25) is 5.91 Å². The largest absolute Gasteiger partial charge is 0.383 e. The SMILES string of the molecule is CC(=O)Nc1cn2cc(-c3cnc(N)c(C=NNc4ccccc4)c3)ccc2n1. The first-order valence-electron chi connectivity index (χ1n) is 8.95. The van der Waals surface area contributed by atoms with Gasteiger partial charge in [-0.3, -0.25) is 10.2 Å². The van der Waals surface area contributed by atoms with Crippen LogP contribution in [0.5, 0.6) is 0 Å². The molecular weight excluding hydrogens is 366 g/mol. The summed E-state index contributed by atoms with van der Waals surface area (Å²) >= 11 is 0. The summed E-state index contributed by atoms with van der Waals surface area (Å²) in [5.74, 6) is 0.735. The molecule has 4 aromatic rings. The van der Waals surface area contributed by atoms with E-state index in [0.717, 1.165) is 22.5 Å². The molecule has 0 radical (unpaired) electrons. The molecule has 1 aromatic carbocycles. The molecule has 29 heavy (non-hydrogen) atoms. The second kappa shape index (κ2) is 7.81. The molecule has 4 rings (SSSR count). The number of nitrogens with one attached hydrogen (secondary N) is 2. The Kier molecular flexibility index (Phi) is 4.90. The van der Waals surface area contributed by atoms with Crippen molar-refractivity contribution in [3.05, 3.63) is 72.7 Å². The number of pyridine rings is 2. The first-order chi connectivity index (χ1) is 14.1. The van der Waals surface area contributed by atoms with Crippen molar-refractivity contribution in [3.63, 3.8) is 0 Å². The zero-order valence-electron chi connectivity index (χ0n) is 15.7. The molecule has 0 bridgehead atoms. The van der Waals surface area contributed by atoms with E-state index >= 15 is 0 Å². The van der Waals surface area contributed by atoms with Crippen molar-refractivity contribution in [1.29, 1.82) is 0 Å². The highest BCUT2D eigenvalue weighted by molar-refractivity contribution is 5.89. The van der Waals surface area contributed by atoms with Crippen molar-refractivity contribution in [2.24, 2.45) is 5.10 Å². The topological polar surface area (TPSA) is 110 Å². The van der Waals surface area contributed by atoms with Gasteiger partial charge in [-0.05, 0) is 30.3 Å². The molecule has 0 aliphatic rings. The van der Waals surface area contributed by atoms with Crippen LogP contribution in [0.2, 0.25) is 0 Å². The lowest BCUT2D eigenvalue weighted by atomic mass is 10.1. The third-order valence-electron chi connectivity index (χ3n) is 4.21. The Bertz CT molecular complexity index is 1200. The first-order valence-corrected chi connectivity index (χ1v) is 8.95. The molecule has 3 aromatic heterocycles. The zero-order valence-corrected chi connectivity index (χ0v) is 15.7. The molecule has 0 aliphatic carbocycles. The summed E-state index contributed by atoms with van der Waals surface area (Å²) < 4.78 is 1.85. The number of carbonyl (C=O) groups is 1. The van der Waals surface area contributed by atoms with Crippen molar-refractivity contribution in [1.82, 2.24) is 14.4 Å². The number of imidazole rings is 1. The monoisotopic (exact) mass is 385 g/mol. The van der Waals surface area contributed by atoms with Crippen LogP contribution in [0.3, 0.4) is 0 Å². The Labute approximate surface area is 167 Å². The van der Waals surface area contributed by atoms with Crippen LogP contribution in [0, 0.1) is 0 Å². The second-order valence-corrected chi connectivity index (χ2v) is 6.43. The van der Waals surface area contributed by atoms with Crippen LogP contribution in [-0.4, -0.2) is 26.5 Å². The fourth-order valence-corrected chi connectivity index (χ4v) is 2.85. The molecule has 3 heterocycles. The van der Waals surface area contributed by atoms with Gasteiger partial charge in [-0.25, -0.2) is 9.97 Å². The average molecular weight is 385 g/mol.